The highest BCUT2D eigenvalue weighted by atomic mass is 16.5. The average Bonchev–Trinajstić information content (AvgIpc) is 3.03. The van der Waals surface area contributed by atoms with Crippen molar-refractivity contribution in [2.24, 2.45) is 0 Å². The Morgan fingerprint density at radius 2 is 2.32 bits per heavy atom. The van der Waals surface area contributed by atoms with Gasteiger partial charge in [0.2, 0.25) is 0 Å². The molecule has 19 heavy (non-hydrogen) atoms. The molecule has 0 saturated carbocycles. The molecule has 1 N–H and O–H groups in total. The number of fused-ring (bicyclic) bond motifs is 1. The van der Waals surface area contributed by atoms with Crippen LogP contribution in [0.2, 0.25) is 0 Å². The van der Waals surface area contributed by atoms with Crippen LogP contribution in [0, 0.1) is 0 Å². The van der Waals surface area contributed by atoms with Gasteiger partial charge in [-0.1, -0.05) is 12.1 Å². The van der Waals surface area contributed by atoms with E-state index in [0.717, 1.165) is 36.3 Å². The predicted octanol–water partition coefficient (Wildman–Crippen LogP) is 2.36. The molecule has 1 aromatic heterocycles. The molecular weight excluding hydrogens is 244 g/mol. The molecule has 0 amide bonds. The predicted molar refractivity (Wildman–Crippen MR) is 69.9 cm³/mol. The number of para-hydroxylation sites is 2. The van der Waals surface area contributed by atoms with E-state index >= 15 is 0 Å². The zero-order chi connectivity index (χ0) is 13.2. The molecular formula is C14H16N2O3. The fourth-order valence-corrected chi connectivity index (χ4v) is 2.56. The molecule has 1 saturated heterocycles. The number of carbonyl (C=O) groups is 1. The van der Waals surface area contributed by atoms with Gasteiger partial charge >= 0.3 is 5.97 Å². The Morgan fingerprint density at radius 1 is 1.47 bits per heavy atom. The molecule has 1 aliphatic heterocycles. The van der Waals surface area contributed by atoms with E-state index < -0.39 is 5.97 Å². The van der Waals surface area contributed by atoms with Gasteiger partial charge in [0.25, 0.3) is 0 Å². The molecule has 0 bridgehead atoms. The van der Waals surface area contributed by atoms with Gasteiger partial charge in [0.1, 0.15) is 11.9 Å². The number of carboxylic acids is 1. The zero-order valence-corrected chi connectivity index (χ0v) is 10.6. The second-order valence-corrected chi connectivity index (χ2v) is 4.76. The summed E-state index contributed by atoms with van der Waals surface area (Å²) in [6.07, 6.45) is 2.09. The first kappa shape index (κ1) is 12.2. The third-order valence-electron chi connectivity index (χ3n) is 3.45. The maximum Gasteiger partial charge on any atom is 0.305 e. The van der Waals surface area contributed by atoms with Crippen LogP contribution in [0.15, 0.2) is 24.3 Å². The van der Waals surface area contributed by atoms with E-state index in [1.54, 1.807) is 0 Å². The molecule has 2 aromatic rings. The molecule has 1 unspecified atom stereocenters. The van der Waals surface area contributed by atoms with Gasteiger partial charge in [0, 0.05) is 13.2 Å². The molecule has 0 aliphatic carbocycles. The van der Waals surface area contributed by atoms with Crippen LogP contribution >= 0.6 is 0 Å². The number of nitrogens with zero attached hydrogens (tertiary/aromatic N) is 2. The van der Waals surface area contributed by atoms with Gasteiger partial charge in [-0.3, -0.25) is 4.79 Å². The van der Waals surface area contributed by atoms with Crippen LogP contribution < -0.4 is 0 Å². The second kappa shape index (κ2) is 5.01. The van der Waals surface area contributed by atoms with Crippen LogP contribution in [0.5, 0.6) is 0 Å². The number of benzene rings is 1. The maximum absolute atomic E-state index is 10.8. The highest BCUT2D eigenvalue weighted by molar-refractivity contribution is 5.76. The number of hydrogen-bond acceptors (Lipinski definition) is 3. The number of ether oxygens (including phenoxy) is 1. The lowest BCUT2D eigenvalue weighted by molar-refractivity contribution is -0.137. The van der Waals surface area contributed by atoms with E-state index in [1.165, 1.54) is 0 Å². The van der Waals surface area contributed by atoms with Crippen molar-refractivity contribution in [3.63, 3.8) is 0 Å². The second-order valence-electron chi connectivity index (χ2n) is 4.76. The van der Waals surface area contributed by atoms with Gasteiger partial charge in [-0.05, 0) is 25.0 Å². The number of rotatable bonds is 4. The minimum Gasteiger partial charge on any atom is -0.481 e. The van der Waals surface area contributed by atoms with Gasteiger partial charge in [-0.25, -0.2) is 4.98 Å². The molecule has 1 aromatic carbocycles. The van der Waals surface area contributed by atoms with Crippen LogP contribution in [0.4, 0.5) is 0 Å². The number of aromatic nitrogens is 2. The minimum atomic E-state index is -0.795. The third-order valence-corrected chi connectivity index (χ3v) is 3.45. The molecule has 1 atom stereocenters. The standard InChI is InChI=1S/C14H16N2O3/c17-13(18)7-8-16-11-5-2-1-4-10(11)15-14(16)12-6-3-9-19-12/h1-2,4-5,12H,3,6-9H2,(H,17,18). The Balaban J connectivity index is 2.02. The summed E-state index contributed by atoms with van der Waals surface area (Å²) in [5.41, 5.74) is 1.88. The van der Waals surface area contributed by atoms with Gasteiger partial charge in [0.15, 0.2) is 0 Å². The highest BCUT2D eigenvalue weighted by Crippen LogP contribution is 2.30. The van der Waals surface area contributed by atoms with E-state index in [-0.39, 0.29) is 12.5 Å². The maximum atomic E-state index is 10.8. The Bertz CT molecular complexity index is 600. The molecule has 1 aliphatic rings. The van der Waals surface area contributed by atoms with Crippen molar-refractivity contribution < 1.29 is 14.6 Å². The first-order valence-corrected chi connectivity index (χ1v) is 6.54. The number of carboxylic acid groups (broad SMARTS) is 1. The summed E-state index contributed by atoms with van der Waals surface area (Å²) in [5, 5.41) is 8.88. The zero-order valence-electron chi connectivity index (χ0n) is 10.6. The van der Waals surface area contributed by atoms with Crippen LogP contribution in [-0.2, 0) is 16.1 Å². The fourth-order valence-electron chi connectivity index (χ4n) is 2.56. The molecule has 5 nitrogen and oxygen atoms in total. The molecule has 3 rings (SSSR count). The van der Waals surface area contributed by atoms with Crippen molar-refractivity contribution in [1.82, 2.24) is 9.55 Å². The van der Waals surface area contributed by atoms with E-state index in [4.69, 9.17) is 9.84 Å². The Hall–Kier alpha value is -1.88. The summed E-state index contributed by atoms with van der Waals surface area (Å²) < 4.78 is 7.67. The molecule has 0 radical (unpaired) electrons. The minimum absolute atomic E-state index is 0.00111. The molecule has 5 heteroatoms. The van der Waals surface area contributed by atoms with Crippen molar-refractivity contribution in [2.45, 2.75) is 31.9 Å². The average molecular weight is 260 g/mol. The van der Waals surface area contributed by atoms with E-state index in [2.05, 4.69) is 4.98 Å². The number of aryl methyl sites for hydroxylation is 1. The number of imidazole rings is 1. The summed E-state index contributed by atoms with van der Waals surface area (Å²) in [6, 6.07) is 7.81. The van der Waals surface area contributed by atoms with Gasteiger partial charge in [-0.15, -0.1) is 0 Å². The lowest BCUT2D eigenvalue weighted by Gasteiger charge is -2.12. The lowest BCUT2D eigenvalue weighted by atomic mass is 10.2. The first-order chi connectivity index (χ1) is 9.25. The summed E-state index contributed by atoms with van der Waals surface area (Å²) in [6.45, 7) is 1.19. The quantitative estimate of drug-likeness (QED) is 0.916. The summed E-state index contributed by atoms with van der Waals surface area (Å²) in [5.74, 6) is 0.0658. The van der Waals surface area contributed by atoms with E-state index in [9.17, 15) is 4.79 Å². The van der Waals surface area contributed by atoms with Crippen LogP contribution in [-0.4, -0.2) is 27.2 Å². The van der Waals surface area contributed by atoms with Crippen LogP contribution in [0.3, 0.4) is 0 Å². The van der Waals surface area contributed by atoms with E-state index in [1.807, 2.05) is 28.8 Å². The van der Waals surface area contributed by atoms with E-state index in [0.29, 0.717) is 6.54 Å². The third kappa shape index (κ3) is 2.33. The lowest BCUT2D eigenvalue weighted by Crippen LogP contribution is -2.11. The molecule has 100 valence electrons. The summed E-state index contributed by atoms with van der Waals surface area (Å²) in [4.78, 5) is 15.4. The molecule has 2 heterocycles. The smallest absolute Gasteiger partial charge is 0.305 e. The monoisotopic (exact) mass is 260 g/mol. The Kier molecular flexibility index (Phi) is 3.21. The molecule has 1 fully saturated rings. The van der Waals surface area contributed by atoms with Gasteiger partial charge < -0.3 is 14.4 Å². The Labute approximate surface area is 110 Å². The molecule has 0 spiro atoms. The van der Waals surface area contributed by atoms with Crippen molar-refractivity contribution >= 4 is 17.0 Å². The number of hydrogen-bond donors (Lipinski definition) is 1. The van der Waals surface area contributed by atoms with Crippen LogP contribution in [0.1, 0.15) is 31.2 Å². The van der Waals surface area contributed by atoms with Crippen molar-refractivity contribution in [1.29, 1.82) is 0 Å². The Morgan fingerprint density at radius 3 is 3.05 bits per heavy atom. The largest absolute Gasteiger partial charge is 0.481 e. The van der Waals surface area contributed by atoms with Crippen molar-refractivity contribution in [3.05, 3.63) is 30.1 Å². The highest BCUT2D eigenvalue weighted by Gasteiger charge is 2.24. The topological polar surface area (TPSA) is 64.3 Å². The van der Waals surface area contributed by atoms with Gasteiger partial charge in [-0.2, -0.15) is 0 Å². The number of aliphatic carboxylic acids is 1. The van der Waals surface area contributed by atoms with Crippen LogP contribution in [0.25, 0.3) is 11.0 Å². The SMILES string of the molecule is O=C(O)CCn1c(C2CCCO2)nc2ccccc21. The van der Waals surface area contributed by atoms with Crippen molar-refractivity contribution in [3.8, 4) is 0 Å². The van der Waals surface area contributed by atoms with Gasteiger partial charge in [0.05, 0.1) is 17.5 Å². The summed E-state index contributed by atoms with van der Waals surface area (Å²) >= 11 is 0. The van der Waals surface area contributed by atoms with Crippen molar-refractivity contribution in [2.75, 3.05) is 6.61 Å². The fraction of sp³-hybridized carbons (Fsp3) is 0.429. The first-order valence-electron chi connectivity index (χ1n) is 6.54. The summed E-state index contributed by atoms with van der Waals surface area (Å²) in [7, 11) is 0. The normalized spacial score (nSPS) is 19.1.